The summed E-state index contributed by atoms with van der Waals surface area (Å²) in [5, 5.41) is 30.1. The van der Waals surface area contributed by atoms with Crippen molar-refractivity contribution >= 4 is 22.4 Å². The number of aryl methyl sites for hydroxylation is 1. The second-order valence-corrected chi connectivity index (χ2v) is 8.82. The van der Waals surface area contributed by atoms with E-state index < -0.39 is 35.5 Å². The van der Waals surface area contributed by atoms with Gasteiger partial charge in [0, 0.05) is 47.7 Å². The maximum Gasteiger partial charge on any atom is 0.469 e. The van der Waals surface area contributed by atoms with Crippen molar-refractivity contribution in [3.63, 3.8) is 0 Å². The van der Waals surface area contributed by atoms with Gasteiger partial charge in [0.05, 0.1) is 31.6 Å². The molecule has 0 unspecified atom stereocenters. The standard InChI is InChI=1S/C17H23N3O11P2/c1-10-17(24)14(12(3-19-10)8-30-32(25)26)6-20(7-16(22)23)5-13-11(2-18-4-15(13)21)9-31-33(27,28)29/h2-4,21,24-26H,5-9H2,1H3,(H,22,23)(H2,27,28,29). The third kappa shape index (κ3) is 8.55. The van der Waals surface area contributed by atoms with E-state index in [1.807, 2.05) is 0 Å². The molecule has 0 aliphatic heterocycles. The molecule has 0 saturated carbocycles. The molecular weight excluding hydrogens is 484 g/mol. The van der Waals surface area contributed by atoms with E-state index in [1.165, 1.54) is 24.2 Å². The molecule has 0 saturated heterocycles. The summed E-state index contributed by atoms with van der Waals surface area (Å²) in [4.78, 5) is 56.5. The summed E-state index contributed by atoms with van der Waals surface area (Å²) in [5.41, 5.74) is 0.938. The molecule has 14 nitrogen and oxygen atoms in total. The van der Waals surface area contributed by atoms with Gasteiger partial charge in [-0.15, -0.1) is 0 Å². The molecule has 182 valence electrons. The van der Waals surface area contributed by atoms with E-state index in [0.717, 1.165) is 6.20 Å². The Bertz CT molecular complexity index is 1030. The number of aromatic hydroxyl groups is 2. The van der Waals surface area contributed by atoms with Crippen LogP contribution < -0.4 is 0 Å². The van der Waals surface area contributed by atoms with E-state index in [4.69, 9.17) is 24.1 Å². The van der Waals surface area contributed by atoms with Gasteiger partial charge in [0.15, 0.2) is 0 Å². The average Bonchev–Trinajstić information content (AvgIpc) is 2.70. The summed E-state index contributed by atoms with van der Waals surface area (Å²) in [5.74, 6) is -1.84. The van der Waals surface area contributed by atoms with Crippen molar-refractivity contribution < 1.29 is 53.3 Å². The maximum atomic E-state index is 11.5. The lowest BCUT2D eigenvalue weighted by Crippen LogP contribution is -2.30. The largest absolute Gasteiger partial charge is 0.506 e. The van der Waals surface area contributed by atoms with Gasteiger partial charge in [-0.05, 0) is 6.92 Å². The highest BCUT2D eigenvalue weighted by Crippen LogP contribution is 2.38. The average molecular weight is 507 g/mol. The molecule has 0 amide bonds. The number of aliphatic carboxylic acids is 1. The number of hydrogen-bond donors (Lipinski definition) is 7. The predicted octanol–water partition coefficient (Wildman–Crippen LogP) is 0.620. The number of hydrogen-bond acceptors (Lipinski definition) is 11. The summed E-state index contributed by atoms with van der Waals surface area (Å²) in [6.07, 6.45) is 3.63. The van der Waals surface area contributed by atoms with E-state index in [0.29, 0.717) is 0 Å². The zero-order valence-electron chi connectivity index (χ0n) is 17.3. The minimum absolute atomic E-state index is 0.108. The minimum atomic E-state index is -4.82. The van der Waals surface area contributed by atoms with Crippen molar-refractivity contribution in [3.05, 3.63) is 46.5 Å². The monoisotopic (exact) mass is 507 g/mol. The second kappa shape index (κ2) is 11.7. The topological polar surface area (TPSA) is 223 Å². The van der Waals surface area contributed by atoms with E-state index in [2.05, 4.69) is 14.5 Å². The fourth-order valence-electron chi connectivity index (χ4n) is 2.90. The number of pyridine rings is 2. The Balaban J connectivity index is 2.39. The summed E-state index contributed by atoms with van der Waals surface area (Å²) in [6.45, 7) is -0.366. The first-order valence-electron chi connectivity index (χ1n) is 9.13. The van der Waals surface area contributed by atoms with Gasteiger partial charge in [-0.1, -0.05) is 0 Å². The molecule has 0 aliphatic carbocycles. The van der Waals surface area contributed by atoms with Gasteiger partial charge in [-0.25, -0.2) is 4.57 Å². The fourth-order valence-corrected chi connectivity index (χ4v) is 3.46. The second-order valence-electron chi connectivity index (χ2n) is 6.82. The Kier molecular flexibility index (Phi) is 9.61. The van der Waals surface area contributed by atoms with Crippen LogP contribution in [-0.4, -0.2) is 62.3 Å². The van der Waals surface area contributed by atoms with Crippen LogP contribution in [0.3, 0.4) is 0 Å². The van der Waals surface area contributed by atoms with Crippen molar-refractivity contribution in [3.8, 4) is 11.5 Å². The van der Waals surface area contributed by atoms with E-state index in [1.54, 1.807) is 0 Å². The summed E-state index contributed by atoms with van der Waals surface area (Å²) in [6, 6.07) is 0. The van der Waals surface area contributed by atoms with Gasteiger partial charge in [0.2, 0.25) is 0 Å². The molecule has 2 aromatic rings. The van der Waals surface area contributed by atoms with Crippen molar-refractivity contribution in [2.45, 2.75) is 33.2 Å². The maximum absolute atomic E-state index is 11.5. The van der Waals surface area contributed by atoms with Crippen LogP contribution >= 0.6 is 16.4 Å². The molecule has 0 atom stereocenters. The van der Waals surface area contributed by atoms with Crippen LogP contribution in [0.2, 0.25) is 0 Å². The van der Waals surface area contributed by atoms with Crippen LogP contribution in [0.5, 0.6) is 11.5 Å². The Labute approximate surface area is 188 Å². The van der Waals surface area contributed by atoms with Gasteiger partial charge in [0.25, 0.3) is 0 Å². The predicted molar refractivity (Wildman–Crippen MR) is 111 cm³/mol. The lowest BCUT2D eigenvalue weighted by molar-refractivity contribution is -0.138. The molecule has 0 aliphatic rings. The van der Waals surface area contributed by atoms with E-state index >= 15 is 0 Å². The van der Waals surface area contributed by atoms with Crippen LogP contribution in [0, 0.1) is 6.92 Å². The van der Waals surface area contributed by atoms with E-state index in [-0.39, 0.29) is 59.1 Å². The molecule has 33 heavy (non-hydrogen) atoms. The number of aromatic nitrogens is 2. The van der Waals surface area contributed by atoms with Crippen LogP contribution in [0.4, 0.5) is 0 Å². The molecule has 0 fully saturated rings. The first kappa shape index (κ1) is 27.0. The van der Waals surface area contributed by atoms with Crippen LogP contribution in [0.1, 0.15) is 27.9 Å². The Morgan fingerprint density at radius 1 is 1.09 bits per heavy atom. The first-order chi connectivity index (χ1) is 15.4. The summed E-state index contributed by atoms with van der Waals surface area (Å²) < 4.78 is 20.3. The Morgan fingerprint density at radius 3 is 2.33 bits per heavy atom. The minimum Gasteiger partial charge on any atom is -0.506 e. The number of phosphoric ester groups is 1. The van der Waals surface area contributed by atoms with Crippen molar-refractivity contribution in [2.24, 2.45) is 0 Å². The highest BCUT2D eigenvalue weighted by atomic mass is 31.2. The molecule has 7 N–H and O–H groups in total. The van der Waals surface area contributed by atoms with Gasteiger partial charge >= 0.3 is 22.4 Å². The van der Waals surface area contributed by atoms with Crippen LogP contribution in [-0.2, 0) is 44.7 Å². The van der Waals surface area contributed by atoms with Crippen LogP contribution in [0.25, 0.3) is 0 Å². The quantitative estimate of drug-likeness (QED) is 0.196. The number of nitrogens with zero attached hydrogens (tertiary/aromatic N) is 3. The highest BCUT2D eigenvalue weighted by Gasteiger charge is 2.22. The smallest absolute Gasteiger partial charge is 0.469 e. The van der Waals surface area contributed by atoms with Crippen molar-refractivity contribution in [2.75, 3.05) is 6.54 Å². The van der Waals surface area contributed by atoms with Gasteiger partial charge in [0.1, 0.15) is 11.5 Å². The molecule has 0 bridgehead atoms. The van der Waals surface area contributed by atoms with Crippen LogP contribution in [0.15, 0.2) is 18.6 Å². The van der Waals surface area contributed by atoms with Gasteiger partial charge < -0.3 is 39.4 Å². The number of rotatable bonds is 12. The fraction of sp³-hybridized carbons (Fsp3) is 0.353. The number of carbonyl (C=O) groups is 1. The zero-order valence-corrected chi connectivity index (χ0v) is 19.1. The third-order valence-corrected chi connectivity index (χ3v) is 5.23. The van der Waals surface area contributed by atoms with Gasteiger partial charge in [-0.3, -0.25) is 24.2 Å². The lowest BCUT2D eigenvalue weighted by atomic mass is 10.1. The number of phosphoric acid groups is 1. The SMILES string of the molecule is Cc1ncc(COP(O)O)c(CN(CC(=O)O)Cc2c(O)cncc2COP(=O)(O)O)c1O. The molecule has 0 spiro atoms. The van der Waals surface area contributed by atoms with E-state index in [9.17, 15) is 24.7 Å². The summed E-state index contributed by atoms with van der Waals surface area (Å²) >= 11 is 0. The normalized spacial score (nSPS) is 12.0. The van der Waals surface area contributed by atoms with Gasteiger partial charge in [-0.2, -0.15) is 0 Å². The molecule has 16 heteroatoms. The molecule has 0 radical (unpaired) electrons. The van der Waals surface area contributed by atoms with Crippen molar-refractivity contribution in [1.82, 2.24) is 14.9 Å². The number of carboxylic acid groups (broad SMARTS) is 1. The molecular formula is C17H23N3O11P2. The lowest BCUT2D eigenvalue weighted by Gasteiger charge is -2.24. The molecule has 0 aromatic carbocycles. The number of carboxylic acids is 1. The molecule has 2 aromatic heterocycles. The Morgan fingerprint density at radius 2 is 1.73 bits per heavy atom. The van der Waals surface area contributed by atoms with Crippen molar-refractivity contribution in [1.29, 1.82) is 0 Å². The Hall–Kier alpha value is -2.25. The summed E-state index contributed by atoms with van der Waals surface area (Å²) in [7, 11) is -7.51. The molecule has 2 heterocycles. The third-order valence-electron chi connectivity index (χ3n) is 4.40. The first-order valence-corrected chi connectivity index (χ1v) is 11.8. The molecule has 2 rings (SSSR count). The highest BCUT2D eigenvalue weighted by molar-refractivity contribution is 7.46. The zero-order chi connectivity index (χ0) is 24.8.